The van der Waals surface area contributed by atoms with Crippen LogP contribution in [0.25, 0.3) is 0 Å². The number of rotatable bonds is 1. The van der Waals surface area contributed by atoms with Gasteiger partial charge in [0.05, 0.1) is 5.41 Å². The fraction of sp³-hybridized carbons (Fsp3) is 1.00. The predicted octanol–water partition coefficient (Wildman–Crippen LogP) is 3.08. The average molecular weight is 170 g/mol. The molecule has 1 rings (SSSR count). The molecule has 0 radical (unpaired) electrons. The molecule has 0 heterocycles. The summed E-state index contributed by atoms with van der Waals surface area (Å²) in [6.07, 6.45) is -6.14. The van der Waals surface area contributed by atoms with Gasteiger partial charge < -0.3 is 0 Å². The van der Waals surface area contributed by atoms with Crippen molar-refractivity contribution in [1.29, 1.82) is 0 Å². The Morgan fingerprint density at radius 3 is 1.91 bits per heavy atom. The Kier molecular flexibility index (Phi) is 1.89. The molecule has 0 amide bonds. The second-order valence-corrected chi connectivity index (χ2v) is 3.14. The van der Waals surface area contributed by atoms with Gasteiger partial charge in [-0.25, -0.2) is 4.39 Å². The van der Waals surface area contributed by atoms with Crippen LogP contribution in [0.3, 0.4) is 0 Å². The zero-order chi connectivity index (χ0) is 8.70. The summed E-state index contributed by atoms with van der Waals surface area (Å²) >= 11 is 0. The van der Waals surface area contributed by atoms with Crippen LogP contribution in [0.4, 0.5) is 17.6 Å². The molecule has 11 heavy (non-hydrogen) atoms. The molecule has 0 unspecified atom stereocenters. The lowest BCUT2D eigenvalue weighted by atomic mass is 9.65. The van der Waals surface area contributed by atoms with E-state index in [0.29, 0.717) is 0 Å². The minimum atomic E-state index is -4.22. The Balaban J connectivity index is 2.65. The van der Waals surface area contributed by atoms with Crippen molar-refractivity contribution in [3.8, 4) is 0 Å². The molecule has 66 valence electrons. The van der Waals surface area contributed by atoms with Gasteiger partial charge in [-0.3, -0.25) is 0 Å². The number of hydrogen-bond acceptors (Lipinski definition) is 0. The van der Waals surface area contributed by atoms with Crippen molar-refractivity contribution in [2.75, 3.05) is 0 Å². The van der Waals surface area contributed by atoms with E-state index in [4.69, 9.17) is 0 Å². The van der Waals surface area contributed by atoms with Crippen LogP contribution < -0.4 is 0 Å². The lowest BCUT2D eigenvalue weighted by Gasteiger charge is -2.44. The molecule has 0 aromatic carbocycles. The maximum absolute atomic E-state index is 12.2. The van der Waals surface area contributed by atoms with Crippen molar-refractivity contribution in [2.24, 2.45) is 5.41 Å². The van der Waals surface area contributed by atoms with Gasteiger partial charge >= 0.3 is 6.18 Å². The summed E-state index contributed by atoms with van der Waals surface area (Å²) in [5.74, 6) is 0. The summed E-state index contributed by atoms with van der Waals surface area (Å²) in [5.41, 5.74) is -1.70. The standard InChI is InChI=1S/C7H10F4/c1-2-6(7(9,10)11)3-5(8)4-6/h5H,2-4H2,1H3. The quantitative estimate of drug-likeness (QED) is 0.530. The second kappa shape index (κ2) is 2.35. The van der Waals surface area contributed by atoms with Crippen LogP contribution in [0.15, 0.2) is 0 Å². The second-order valence-electron chi connectivity index (χ2n) is 3.14. The summed E-state index contributed by atoms with van der Waals surface area (Å²) < 4.78 is 48.7. The van der Waals surface area contributed by atoms with E-state index < -0.39 is 17.8 Å². The molecule has 1 aliphatic rings. The molecule has 0 atom stereocenters. The van der Waals surface area contributed by atoms with Gasteiger partial charge in [0.2, 0.25) is 0 Å². The Morgan fingerprint density at radius 2 is 1.82 bits per heavy atom. The van der Waals surface area contributed by atoms with Crippen LogP contribution >= 0.6 is 0 Å². The summed E-state index contributed by atoms with van der Waals surface area (Å²) in [5, 5.41) is 0. The molecule has 0 nitrogen and oxygen atoms in total. The van der Waals surface area contributed by atoms with E-state index in [-0.39, 0.29) is 19.3 Å². The van der Waals surface area contributed by atoms with Gasteiger partial charge in [-0.05, 0) is 19.3 Å². The summed E-state index contributed by atoms with van der Waals surface area (Å²) in [4.78, 5) is 0. The molecule has 0 aliphatic heterocycles. The van der Waals surface area contributed by atoms with Gasteiger partial charge in [0.15, 0.2) is 0 Å². The largest absolute Gasteiger partial charge is 0.394 e. The topological polar surface area (TPSA) is 0 Å². The van der Waals surface area contributed by atoms with Crippen molar-refractivity contribution >= 4 is 0 Å². The molecule has 0 spiro atoms. The van der Waals surface area contributed by atoms with Crippen LogP contribution in [-0.2, 0) is 0 Å². The highest BCUT2D eigenvalue weighted by Gasteiger charge is 2.60. The third-order valence-corrected chi connectivity index (χ3v) is 2.50. The van der Waals surface area contributed by atoms with E-state index in [1.165, 1.54) is 6.92 Å². The highest BCUT2D eigenvalue weighted by atomic mass is 19.4. The van der Waals surface area contributed by atoms with Gasteiger partial charge in [-0.1, -0.05) is 6.92 Å². The molecule has 0 aromatic rings. The van der Waals surface area contributed by atoms with Crippen LogP contribution in [0.2, 0.25) is 0 Å². The van der Waals surface area contributed by atoms with Crippen LogP contribution in [0.1, 0.15) is 26.2 Å². The predicted molar refractivity (Wildman–Crippen MR) is 32.9 cm³/mol. The fourth-order valence-electron chi connectivity index (χ4n) is 1.51. The maximum Gasteiger partial charge on any atom is 0.394 e. The van der Waals surface area contributed by atoms with E-state index in [1.54, 1.807) is 0 Å². The van der Waals surface area contributed by atoms with Gasteiger partial charge in [0.25, 0.3) is 0 Å². The first kappa shape index (κ1) is 8.81. The average Bonchev–Trinajstić information content (AvgIpc) is 1.77. The Morgan fingerprint density at radius 1 is 1.36 bits per heavy atom. The van der Waals surface area contributed by atoms with Gasteiger partial charge in [0, 0.05) is 0 Å². The van der Waals surface area contributed by atoms with E-state index >= 15 is 0 Å². The van der Waals surface area contributed by atoms with Crippen molar-refractivity contribution < 1.29 is 17.6 Å². The molecule has 1 saturated carbocycles. The maximum atomic E-state index is 12.2. The van der Waals surface area contributed by atoms with Crippen molar-refractivity contribution in [3.05, 3.63) is 0 Å². The first-order valence-electron chi connectivity index (χ1n) is 3.62. The highest BCUT2D eigenvalue weighted by molar-refractivity contribution is 4.98. The molecule has 0 aromatic heterocycles. The summed E-state index contributed by atoms with van der Waals surface area (Å²) in [7, 11) is 0. The third-order valence-electron chi connectivity index (χ3n) is 2.50. The lowest BCUT2D eigenvalue weighted by molar-refractivity contribution is -0.265. The Labute approximate surface area is 62.6 Å². The molecule has 0 saturated heterocycles. The van der Waals surface area contributed by atoms with E-state index in [0.717, 1.165) is 0 Å². The molecular formula is C7H10F4. The third kappa shape index (κ3) is 1.23. The lowest BCUT2D eigenvalue weighted by Crippen LogP contribution is -2.49. The SMILES string of the molecule is CCC1(C(F)(F)F)CC(F)C1. The minimum absolute atomic E-state index is 0.00306. The monoisotopic (exact) mass is 170 g/mol. The molecule has 0 N–H and O–H groups in total. The fourth-order valence-corrected chi connectivity index (χ4v) is 1.51. The van der Waals surface area contributed by atoms with Crippen molar-refractivity contribution in [3.63, 3.8) is 0 Å². The van der Waals surface area contributed by atoms with Crippen molar-refractivity contribution in [1.82, 2.24) is 0 Å². The van der Waals surface area contributed by atoms with Crippen LogP contribution in [0.5, 0.6) is 0 Å². The van der Waals surface area contributed by atoms with Gasteiger partial charge in [0.1, 0.15) is 6.17 Å². The number of alkyl halides is 4. The van der Waals surface area contributed by atoms with Gasteiger partial charge in [-0.2, -0.15) is 13.2 Å². The minimum Gasteiger partial charge on any atom is -0.247 e. The summed E-state index contributed by atoms with van der Waals surface area (Å²) in [6.45, 7) is 1.46. The Hall–Kier alpha value is -0.280. The zero-order valence-corrected chi connectivity index (χ0v) is 6.21. The summed E-state index contributed by atoms with van der Waals surface area (Å²) in [6, 6.07) is 0. The van der Waals surface area contributed by atoms with E-state index in [1.807, 2.05) is 0 Å². The molecule has 0 bridgehead atoms. The molecule has 4 heteroatoms. The molecule has 1 aliphatic carbocycles. The van der Waals surface area contributed by atoms with Gasteiger partial charge in [-0.15, -0.1) is 0 Å². The zero-order valence-electron chi connectivity index (χ0n) is 6.21. The first-order valence-corrected chi connectivity index (χ1v) is 3.62. The number of hydrogen-bond donors (Lipinski definition) is 0. The molecular weight excluding hydrogens is 160 g/mol. The van der Waals surface area contributed by atoms with Crippen molar-refractivity contribution in [2.45, 2.75) is 38.5 Å². The first-order chi connectivity index (χ1) is 4.91. The smallest absolute Gasteiger partial charge is 0.247 e. The normalized spacial score (nSPS) is 38.5. The number of halogens is 4. The Bertz CT molecular complexity index is 143. The van der Waals surface area contributed by atoms with E-state index in [2.05, 4.69) is 0 Å². The van der Waals surface area contributed by atoms with E-state index in [9.17, 15) is 17.6 Å². The van der Waals surface area contributed by atoms with Crippen LogP contribution in [0, 0.1) is 5.41 Å². The highest BCUT2D eigenvalue weighted by Crippen LogP contribution is 2.56. The molecule has 1 fully saturated rings. The van der Waals surface area contributed by atoms with Crippen LogP contribution in [-0.4, -0.2) is 12.3 Å².